The second-order valence-corrected chi connectivity index (χ2v) is 12.6. The van der Waals surface area contributed by atoms with Crippen LogP contribution >= 0.6 is 0 Å². The minimum absolute atomic E-state index is 0.120. The molecule has 0 saturated heterocycles. The van der Waals surface area contributed by atoms with Gasteiger partial charge in [-0.2, -0.15) is 26.3 Å². The average molecular weight is 606 g/mol. The largest absolute Gasteiger partial charge is 0.511 e. The Morgan fingerprint density at radius 3 is 2.26 bits per heavy atom. The van der Waals surface area contributed by atoms with Gasteiger partial charge in [0.1, 0.15) is 11.9 Å². The number of carbonyl (C=O) groups is 1. The first-order chi connectivity index (χ1) is 17.6. The lowest BCUT2D eigenvalue weighted by Gasteiger charge is -2.39. The van der Waals surface area contributed by atoms with Gasteiger partial charge in [0, 0.05) is 17.6 Å². The summed E-state index contributed by atoms with van der Waals surface area (Å²) in [6, 6.07) is 6.18. The third-order valence-corrected chi connectivity index (χ3v) is 8.55. The first-order valence-electron chi connectivity index (χ1n) is 10.7. The highest BCUT2D eigenvalue weighted by Gasteiger charge is 2.49. The SMILES string of the molecule is CC(C)(CC1CN(S(=O)(=O)c2cccc(C(F)(F)F)c2)c2cc(NC(=O)O)ccc2O1)NS(=O)(=O)C(F)(F)F. The summed E-state index contributed by atoms with van der Waals surface area (Å²) in [7, 11) is -10.6. The number of nitrogens with one attached hydrogen (secondary N) is 2. The summed E-state index contributed by atoms with van der Waals surface area (Å²) < 4.78 is 137. The van der Waals surface area contributed by atoms with E-state index < -0.39 is 72.9 Å². The smallest absolute Gasteiger partial charge is 0.486 e. The van der Waals surface area contributed by atoms with Crippen LogP contribution in [0.3, 0.4) is 0 Å². The molecule has 2 aromatic rings. The van der Waals surface area contributed by atoms with Gasteiger partial charge in [-0.1, -0.05) is 6.07 Å². The Balaban J connectivity index is 2.06. The topological polar surface area (TPSA) is 142 Å². The van der Waals surface area contributed by atoms with E-state index in [0.717, 1.165) is 38.1 Å². The zero-order valence-electron chi connectivity index (χ0n) is 20.0. The normalized spacial score (nSPS) is 16.8. The van der Waals surface area contributed by atoms with Gasteiger partial charge in [0.15, 0.2) is 0 Å². The Morgan fingerprint density at radius 2 is 1.69 bits per heavy atom. The number of ether oxygens (including phenoxy) is 1. The number of halogens is 6. The van der Waals surface area contributed by atoms with Crippen LogP contribution in [0.2, 0.25) is 0 Å². The molecular formula is C21H21F6N3O7S2. The number of sulfonamides is 2. The summed E-state index contributed by atoms with van der Waals surface area (Å²) in [6.45, 7) is 1.53. The molecule has 1 amide bonds. The molecule has 2 aromatic carbocycles. The van der Waals surface area contributed by atoms with Crippen molar-refractivity contribution in [3.8, 4) is 5.75 Å². The fourth-order valence-electron chi connectivity index (χ4n) is 3.84. The van der Waals surface area contributed by atoms with Crippen LogP contribution in [0.15, 0.2) is 47.4 Å². The highest BCUT2D eigenvalue weighted by molar-refractivity contribution is 7.92. The second kappa shape index (κ2) is 10.1. The summed E-state index contributed by atoms with van der Waals surface area (Å²) in [4.78, 5) is 10.3. The number of hydrogen-bond donors (Lipinski definition) is 3. The molecule has 1 heterocycles. The predicted octanol–water partition coefficient (Wildman–Crippen LogP) is 4.36. The van der Waals surface area contributed by atoms with Gasteiger partial charge >= 0.3 is 27.8 Å². The minimum Gasteiger partial charge on any atom is -0.486 e. The summed E-state index contributed by atoms with van der Waals surface area (Å²) >= 11 is 0. The molecule has 10 nitrogen and oxygen atoms in total. The van der Waals surface area contributed by atoms with Crippen molar-refractivity contribution in [3.05, 3.63) is 48.0 Å². The maximum Gasteiger partial charge on any atom is 0.511 e. The predicted molar refractivity (Wildman–Crippen MR) is 125 cm³/mol. The van der Waals surface area contributed by atoms with Crippen molar-refractivity contribution in [2.45, 2.75) is 48.5 Å². The van der Waals surface area contributed by atoms with Crippen LogP contribution in [0.1, 0.15) is 25.8 Å². The highest BCUT2D eigenvalue weighted by atomic mass is 32.2. The molecule has 0 fully saturated rings. The number of amides is 1. The fraction of sp³-hybridized carbons (Fsp3) is 0.381. The van der Waals surface area contributed by atoms with Crippen LogP contribution in [-0.4, -0.2) is 51.7 Å². The summed E-state index contributed by atoms with van der Waals surface area (Å²) in [6.07, 6.45) is -8.18. The lowest BCUT2D eigenvalue weighted by atomic mass is 9.97. The standard InChI is InChI=1S/C21H21F6N3O7S2/c1-19(2,29-39(35,36)21(25,26)27)10-14-11-30(16-9-13(28-18(31)32)6-7-17(16)37-14)38(33,34)15-5-3-4-12(8-15)20(22,23)24/h3-9,14,28-29H,10-11H2,1-2H3,(H,31,32). The molecule has 0 aromatic heterocycles. The molecule has 0 spiro atoms. The van der Waals surface area contributed by atoms with E-state index in [1.54, 1.807) is 0 Å². The van der Waals surface area contributed by atoms with Gasteiger partial charge in [-0.3, -0.25) is 9.62 Å². The van der Waals surface area contributed by atoms with E-state index in [1.165, 1.54) is 10.8 Å². The summed E-state index contributed by atoms with van der Waals surface area (Å²) in [5.74, 6) is -0.202. The Bertz CT molecular complexity index is 1480. The molecule has 0 saturated carbocycles. The van der Waals surface area contributed by atoms with Gasteiger partial charge in [-0.15, -0.1) is 0 Å². The Labute approximate surface area is 218 Å². The first kappa shape index (κ1) is 30.3. The average Bonchev–Trinajstić information content (AvgIpc) is 2.76. The molecule has 3 N–H and O–H groups in total. The lowest BCUT2D eigenvalue weighted by molar-refractivity contribution is -0.137. The summed E-state index contributed by atoms with van der Waals surface area (Å²) in [5.41, 5.74) is -9.11. The maximum absolute atomic E-state index is 13.5. The molecule has 39 heavy (non-hydrogen) atoms. The van der Waals surface area contributed by atoms with Crippen LogP contribution in [0.25, 0.3) is 0 Å². The van der Waals surface area contributed by atoms with Crippen molar-refractivity contribution in [2.24, 2.45) is 0 Å². The maximum atomic E-state index is 13.5. The molecule has 0 radical (unpaired) electrons. The quantitative estimate of drug-likeness (QED) is 0.398. The van der Waals surface area contributed by atoms with Gasteiger partial charge < -0.3 is 9.84 Å². The van der Waals surface area contributed by atoms with E-state index in [2.05, 4.69) is 0 Å². The molecule has 18 heteroatoms. The number of benzene rings is 2. The zero-order valence-corrected chi connectivity index (χ0v) is 21.6. The second-order valence-electron chi connectivity index (χ2n) is 9.05. The molecule has 3 rings (SSSR count). The molecular weight excluding hydrogens is 584 g/mol. The molecule has 0 bridgehead atoms. The number of alkyl halides is 6. The number of carboxylic acid groups (broad SMARTS) is 1. The first-order valence-corrected chi connectivity index (χ1v) is 13.7. The third kappa shape index (κ3) is 6.85. The molecule has 1 atom stereocenters. The zero-order chi connectivity index (χ0) is 29.6. The van der Waals surface area contributed by atoms with Crippen LogP contribution in [0.4, 0.5) is 42.5 Å². The van der Waals surface area contributed by atoms with Crippen LogP contribution in [0.5, 0.6) is 5.75 Å². The van der Waals surface area contributed by atoms with Crippen molar-refractivity contribution in [1.82, 2.24) is 4.72 Å². The van der Waals surface area contributed by atoms with Gasteiger partial charge in [0.2, 0.25) is 0 Å². The van der Waals surface area contributed by atoms with Crippen molar-refractivity contribution < 1.29 is 57.8 Å². The summed E-state index contributed by atoms with van der Waals surface area (Å²) in [5, 5.41) is 11.0. The monoisotopic (exact) mass is 605 g/mol. The van der Waals surface area contributed by atoms with E-state index in [9.17, 15) is 48.0 Å². The number of fused-ring (bicyclic) bond motifs is 1. The van der Waals surface area contributed by atoms with E-state index >= 15 is 0 Å². The minimum atomic E-state index is -5.80. The number of anilines is 2. The van der Waals surface area contributed by atoms with Crippen molar-refractivity contribution in [3.63, 3.8) is 0 Å². The van der Waals surface area contributed by atoms with Crippen LogP contribution in [0, 0.1) is 0 Å². The lowest BCUT2D eigenvalue weighted by Crippen LogP contribution is -2.53. The Kier molecular flexibility index (Phi) is 7.81. The third-order valence-electron chi connectivity index (χ3n) is 5.34. The van der Waals surface area contributed by atoms with Crippen LogP contribution in [-0.2, 0) is 26.2 Å². The van der Waals surface area contributed by atoms with Gasteiger partial charge in [-0.25, -0.2) is 26.4 Å². The van der Waals surface area contributed by atoms with Crippen molar-refractivity contribution in [2.75, 3.05) is 16.2 Å². The van der Waals surface area contributed by atoms with Gasteiger partial charge in [0.05, 0.1) is 22.7 Å². The van der Waals surface area contributed by atoms with Gasteiger partial charge in [0.25, 0.3) is 10.0 Å². The van der Waals surface area contributed by atoms with E-state index in [4.69, 9.17) is 9.84 Å². The van der Waals surface area contributed by atoms with Crippen molar-refractivity contribution >= 4 is 37.5 Å². The van der Waals surface area contributed by atoms with E-state index in [0.29, 0.717) is 16.4 Å². The molecule has 0 aliphatic carbocycles. The molecule has 216 valence electrons. The Hall–Kier alpha value is -3.25. The van der Waals surface area contributed by atoms with E-state index in [-0.39, 0.29) is 17.1 Å². The van der Waals surface area contributed by atoms with Crippen molar-refractivity contribution in [1.29, 1.82) is 0 Å². The number of hydrogen-bond acceptors (Lipinski definition) is 6. The fourth-order valence-corrected chi connectivity index (χ4v) is 6.31. The molecule has 1 aliphatic rings. The van der Waals surface area contributed by atoms with E-state index in [1.807, 2.05) is 5.32 Å². The molecule has 1 aliphatic heterocycles. The number of rotatable bonds is 7. The number of nitrogens with zero attached hydrogens (tertiary/aromatic N) is 1. The molecule has 1 unspecified atom stereocenters. The Morgan fingerprint density at radius 1 is 1.05 bits per heavy atom. The van der Waals surface area contributed by atoms with Gasteiger partial charge in [-0.05, 0) is 50.2 Å². The highest BCUT2D eigenvalue weighted by Crippen LogP contribution is 2.41. The van der Waals surface area contributed by atoms with Crippen LogP contribution < -0.4 is 19.1 Å².